The van der Waals surface area contributed by atoms with Crippen molar-refractivity contribution in [2.24, 2.45) is 0 Å². The maximum absolute atomic E-state index is 10.9. The number of hydrogen-bond donors (Lipinski definition) is 6. The number of carbonyl (C=O) groups is 2. The Labute approximate surface area is 396 Å². The molecule has 12 heteroatoms. The summed E-state index contributed by atoms with van der Waals surface area (Å²) in [6, 6.07) is 25.0. The number of methoxy groups -OCH3 is 2. The molecule has 0 aliphatic heterocycles. The molecule has 0 aliphatic carbocycles. The van der Waals surface area contributed by atoms with E-state index in [0.717, 1.165) is 0 Å². The molecule has 2 rings (SSSR count). The molecular weight excluding hydrogens is 890 g/mol. The summed E-state index contributed by atoms with van der Waals surface area (Å²) >= 11 is 0. The van der Waals surface area contributed by atoms with Crippen LogP contribution in [0.1, 0.15) is 38.5 Å². The van der Waals surface area contributed by atoms with Crippen LogP contribution in [-0.4, -0.2) is 93.4 Å². The van der Waals surface area contributed by atoms with Gasteiger partial charge in [-0.2, -0.15) is 72.8 Å². The summed E-state index contributed by atoms with van der Waals surface area (Å²) in [5.74, 6) is -0.545. The predicted octanol–water partition coefficient (Wildman–Crippen LogP) is 5.91. The Hall–Kier alpha value is -2.73. The molecule has 0 unspecified atom stereocenters. The van der Waals surface area contributed by atoms with Gasteiger partial charge >= 0.3 is 11.9 Å². The number of benzene rings is 2. The summed E-state index contributed by atoms with van der Waals surface area (Å²) in [5, 5.41) is 55.6. The Bertz CT molecular complexity index is 1270. The Morgan fingerprint density at radius 2 is 0.776 bits per heavy atom. The van der Waals surface area contributed by atoms with Crippen LogP contribution in [0, 0.1) is 26.0 Å². The van der Waals surface area contributed by atoms with Crippen molar-refractivity contribution in [2.45, 2.75) is 75.1 Å². The number of allylic oxidation sites excluding steroid dienone is 12. The SMILES string of the molecule is [CH2-][C@@H](O)[C@H](O)/C=C/C=C/C=C\C=C\[C@@H](O)CCCC(=O)OC.[CH2-][C@H](O)[C@H](O)/C=C/C=C/C=C\C=C\[C@@H](O)CCCC(=O)OC.[Y].[Y].[c-]1ccccc1.[c-]1ccccc1. The molecule has 0 bridgehead atoms. The molecular formula is C46H60O10Y2-4. The van der Waals surface area contributed by atoms with Crippen LogP contribution in [0.4, 0.5) is 0 Å². The van der Waals surface area contributed by atoms with Gasteiger partial charge in [0.05, 0.1) is 38.6 Å². The maximum atomic E-state index is 10.9. The van der Waals surface area contributed by atoms with E-state index in [-0.39, 0.29) is 77.4 Å². The van der Waals surface area contributed by atoms with E-state index >= 15 is 0 Å². The molecule has 6 N–H and O–H groups in total. The van der Waals surface area contributed by atoms with E-state index in [0.29, 0.717) is 38.5 Å². The van der Waals surface area contributed by atoms with Crippen molar-refractivity contribution in [1.29, 1.82) is 0 Å². The van der Waals surface area contributed by atoms with Crippen molar-refractivity contribution in [3.8, 4) is 0 Å². The number of rotatable bonds is 20. The molecule has 0 aliphatic rings. The first-order chi connectivity index (χ1) is 26.9. The van der Waals surface area contributed by atoms with Crippen LogP contribution in [-0.2, 0) is 84.5 Å². The first-order valence-corrected chi connectivity index (χ1v) is 18.0. The van der Waals surface area contributed by atoms with Crippen LogP contribution in [0.25, 0.3) is 0 Å². The summed E-state index contributed by atoms with van der Waals surface area (Å²) < 4.78 is 9.02. The van der Waals surface area contributed by atoms with Gasteiger partial charge in [-0.05, 0) is 37.9 Å². The van der Waals surface area contributed by atoms with Crippen molar-refractivity contribution in [3.63, 3.8) is 0 Å². The standard InChI is InChI=1S/2C17H25O5.2C6H5.2Y/c2*1-14(18)16(20)12-8-6-4-3-5-7-10-15(19)11-9-13-17(21)22-2;2*1-2-4-6-5-3-1;;/h2*3-8,10,12,14-16,18-20H,1,9,11,13H2,2H3;2*1-5H;;/q4*-1;;/b2*5-3-,6-4+,10-7+,12-8+;;;;/t14-,15+,16+;14-,15-,16-;;;;/m01..../s1. The van der Waals surface area contributed by atoms with Crippen LogP contribution in [0.3, 0.4) is 0 Å². The molecule has 314 valence electrons. The smallest absolute Gasteiger partial charge is 0.305 e. The van der Waals surface area contributed by atoms with E-state index in [1.165, 1.54) is 26.4 Å². The van der Waals surface area contributed by atoms with E-state index in [4.69, 9.17) is 10.2 Å². The van der Waals surface area contributed by atoms with Gasteiger partial charge in [0.25, 0.3) is 0 Å². The topological polar surface area (TPSA) is 174 Å². The predicted molar refractivity (Wildman–Crippen MR) is 222 cm³/mol. The van der Waals surface area contributed by atoms with Gasteiger partial charge in [-0.1, -0.05) is 97.2 Å². The van der Waals surface area contributed by atoms with Gasteiger partial charge in [0.2, 0.25) is 0 Å². The largest absolute Gasteiger partial charge is 0.469 e. The van der Waals surface area contributed by atoms with Gasteiger partial charge in [0.15, 0.2) is 0 Å². The normalized spacial score (nSPS) is 14.4. The fraction of sp³-hybridized carbons (Fsp3) is 0.304. The van der Waals surface area contributed by atoms with Gasteiger partial charge in [-0.15, -0.1) is 0 Å². The maximum Gasteiger partial charge on any atom is 0.305 e. The minimum absolute atomic E-state index is 0. The molecule has 2 aromatic carbocycles. The molecule has 58 heavy (non-hydrogen) atoms. The van der Waals surface area contributed by atoms with E-state index in [2.05, 4.69) is 35.5 Å². The summed E-state index contributed by atoms with van der Waals surface area (Å²) in [6.45, 7) is 6.58. The molecule has 0 saturated carbocycles. The first-order valence-electron chi connectivity index (χ1n) is 18.0. The second-order valence-electron chi connectivity index (χ2n) is 11.4. The second-order valence-corrected chi connectivity index (χ2v) is 11.4. The monoisotopic (exact) mass is 950 g/mol. The molecule has 10 nitrogen and oxygen atoms in total. The average molecular weight is 951 g/mol. The van der Waals surface area contributed by atoms with Gasteiger partial charge in [0, 0.05) is 78.3 Å². The quantitative estimate of drug-likeness (QED) is 0.0533. The number of aliphatic hydroxyl groups excluding tert-OH is 6. The molecule has 0 fully saturated rings. The average Bonchev–Trinajstić information content (AvgIpc) is 3.21. The number of aliphatic hydroxyl groups is 6. The van der Waals surface area contributed by atoms with Crippen molar-refractivity contribution in [1.82, 2.24) is 0 Å². The molecule has 0 aromatic heterocycles. The second kappa shape index (κ2) is 47.0. The van der Waals surface area contributed by atoms with Crippen LogP contribution in [0.5, 0.6) is 0 Å². The number of carbonyl (C=O) groups excluding carboxylic acids is 2. The van der Waals surface area contributed by atoms with Crippen molar-refractivity contribution >= 4 is 11.9 Å². The van der Waals surface area contributed by atoms with Crippen molar-refractivity contribution in [2.75, 3.05) is 14.2 Å². The minimum atomic E-state index is -1.04. The molecule has 0 spiro atoms. The third kappa shape index (κ3) is 47.6. The van der Waals surface area contributed by atoms with Crippen molar-refractivity contribution < 1.29 is 115 Å². The fourth-order valence-corrected chi connectivity index (χ4v) is 3.50. The Balaban J connectivity index is -0.000000377. The third-order valence-electron chi connectivity index (χ3n) is 6.61. The third-order valence-corrected chi connectivity index (χ3v) is 6.61. The van der Waals surface area contributed by atoms with Crippen molar-refractivity contribution in [3.05, 3.63) is 184 Å². The first kappa shape index (κ1) is 61.9. The van der Waals surface area contributed by atoms with Gasteiger partial charge < -0.3 is 54.0 Å². The summed E-state index contributed by atoms with van der Waals surface area (Å²) in [4.78, 5) is 21.8. The number of hydrogen-bond acceptors (Lipinski definition) is 10. The number of ether oxygens (including phenoxy) is 2. The number of esters is 2. The van der Waals surface area contributed by atoms with Gasteiger partial charge in [0.1, 0.15) is 0 Å². The Morgan fingerprint density at radius 3 is 1.00 bits per heavy atom. The van der Waals surface area contributed by atoms with Crippen LogP contribution in [0.15, 0.2) is 158 Å². The molecule has 6 atom stereocenters. The van der Waals surface area contributed by atoms with E-state index in [9.17, 15) is 30.0 Å². The van der Waals surface area contributed by atoms with Crippen LogP contribution >= 0.6 is 0 Å². The molecule has 0 heterocycles. The van der Waals surface area contributed by atoms with E-state index < -0.39 is 36.6 Å². The zero-order chi connectivity index (χ0) is 42.1. The van der Waals surface area contributed by atoms with Gasteiger partial charge in [-0.25, -0.2) is 0 Å². The molecule has 2 radical (unpaired) electrons. The summed E-state index contributed by atoms with van der Waals surface area (Å²) in [5.41, 5.74) is 0. The summed E-state index contributed by atoms with van der Waals surface area (Å²) in [6.07, 6.45) is 24.2. The van der Waals surface area contributed by atoms with E-state index in [1.54, 1.807) is 85.1 Å². The molecule has 0 amide bonds. The van der Waals surface area contributed by atoms with Crippen LogP contribution < -0.4 is 0 Å². The molecule has 0 saturated heterocycles. The minimum Gasteiger partial charge on any atom is -0.469 e. The van der Waals surface area contributed by atoms with Gasteiger partial charge in [-0.3, -0.25) is 9.59 Å². The zero-order valence-electron chi connectivity index (χ0n) is 33.6. The van der Waals surface area contributed by atoms with Crippen LogP contribution in [0.2, 0.25) is 0 Å². The Kier molecular flexibility index (Phi) is 50.1. The fourth-order valence-electron chi connectivity index (χ4n) is 3.50. The zero-order valence-corrected chi connectivity index (χ0v) is 39.3. The van der Waals surface area contributed by atoms with E-state index in [1.807, 2.05) is 60.7 Å². The summed E-state index contributed by atoms with van der Waals surface area (Å²) in [7, 11) is 2.68. The molecule has 2 aromatic rings. The Morgan fingerprint density at radius 1 is 0.500 bits per heavy atom.